The number of unbranched alkanes of at least 4 members (excludes halogenated alkanes) is 3. The van der Waals surface area contributed by atoms with Crippen molar-refractivity contribution in [3.63, 3.8) is 0 Å². The summed E-state index contributed by atoms with van der Waals surface area (Å²) in [7, 11) is 0. The minimum atomic E-state index is -1.36. The molecule has 0 bridgehead atoms. The van der Waals surface area contributed by atoms with Crippen LogP contribution in [0.4, 0.5) is 14.6 Å². The molecule has 212 valence electrons. The monoisotopic (exact) mass is 552 g/mol. The van der Waals surface area contributed by atoms with Crippen LogP contribution in [0.1, 0.15) is 88.4 Å². The second-order valence-corrected chi connectivity index (χ2v) is 9.88. The summed E-state index contributed by atoms with van der Waals surface area (Å²) in [6.07, 6.45) is 6.68. The summed E-state index contributed by atoms with van der Waals surface area (Å²) in [6, 6.07) is 5.41. The van der Waals surface area contributed by atoms with E-state index in [-0.39, 0.29) is 17.4 Å². The van der Waals surface area contributed by atoms with Crippen LogP contribution in [0.25, 0.3) is 0 Å². The average Bonchev–Trinajstić information content (AvgIpc) is 2.84. The number of aldehydes is 1. The molecule has 9 heteroatoms. The third-order valence-electron chi connectivity index (χ3n) is 6.66. The number of carbonyl (C=O) groups excluding carboxylic acids is 1. The highest BCUT2D eigenvalue weighted by molar-refractivity contribution is 6.28. The molecule has 3 rings (SSSR count). The van der Waals surface area contributed by atoms with Gasteiger partial charge in [-0.05, 0) is 70.6 Å². The van der Waals surface area contributed by atoms with E-state index in [2.05, 4.69) is 34.0 Å². The van der Waals surface area contributed by atoms with Crippen molar-refractivity contribution in [2.24, 2.45) is 0 Å². The fraction of sp³-hybridized carbons (Fsp3) is 0.621. The Balaban J connectivity index is 0.00000161. The number of alkyl halides is 1. The van der Waals surface area contributed by atoms with Gasteiger partial charge in [-0.3, -0.25) is 4.90 Å². The summed E-state index contributed by atoms with van der Waals surface area (Å²) < 4.78 is 33.7. The van der Waals surface area contributed by atoms with E-state index in [4.69, 9.17) is 21.1 Å². The molecule has 38 heavy (non-hydrogen) atoms. The van der Waals surface area contributed by atoms with Gasteiger partial charge in [0.1, 0.15) is 24.1 Å². The first kappa shape index (κ1) is 32.1. The van der Waals surface area contributed by atoms with E-state index < -0.39 is 12.0 Å². The second-order valence-electron chi connectivity index (χ2n) is 9.54. The van der Waals surface area contributed by atoms with E-state index in [1.54, 1.807) is 12.1 Å². The zero-order valence-corrected chi connectivity index (χ0v) is 24.0. The van der Waals surface area contributed by atoms with Crippen LogP contribution in [-0.4, -0.2) is 53.5 Å². The van der Waals surface area contributed by atoms with Crippen molar-refractivity contribution in [2.45, 2.75) is 91.4 Å². The Morgan fingerprint density at radius 3 is 2.50 bits per heavy atom. The molecular weight excluding hydrogens is 510 g/mol. The van der Waals surface area contributed by atoms with Crippen LogP contribution in [0.5, 0.6) is 0 Å². The number of aromatic nitrogens is 2. The standard InChI is InChI=1S/C27H39ClF2N4O.C2H4O/c1-4-14-34(21-17-35-18-21)15-9-7-6-8-13-24-22(5-2)26(33-27(28)32-24)31-16-20-11-10-12-23(19(3)29)25(20)30;1-2-3/h10-12,19,21H,4-9,13-18H2,1-3H3,(H,31,32,33);2H,1H3. The van der Waals surface area contributed by atoms with E-state index in [9.17, 15) is 8.78 Å². The molecule has 1 aliphatic heterocycles. The number of nitrogens with one attached hydrogen (secondary N) is 1. The Morgan fingerprint density at radius 2 is 1.89 bits per heavy atom. The zero-order valence-electron chi connectivity index (χ0n) is 23.2. The third-order valence-corrected chi connectivity index (χ3v) is 6.83. The molecule has 1 atom stereocenters. The number of aryl methyl sites for hydroxylation is 1. The Kier molecular flexibility index (Phi) is 14.7. The molecule has 0 radical (unpaired) electrons. The molecule has 1 aliphatic rings. The van der Waals surface area contributed by atoms with Crippen LogP contribution in [0.3, 0.4) is 0 Å². The lowest BCUT2D eigenvalue weighted by Gasteiger charge is -2.37. The lowest BCUT2D eigenvalue weighted by Crippen LogP contribution is -2.49. The summed E-state index contributed by atoms with van der Waals surface area (Å²) in [5.41, 5.74) is 2.42. The van der Waals surface area contributed by atoms with Gasteiger partial charge in [-0.15, -0.1) is 0 Å². The largest absolute Gasteiger partial charge is 0.378 e. The van der Waals surface area contributed by atoms with Gasteiger partial charge in [0.25, 0.3) is 0 Å². The fourth-order valence-electron chi connectivity index (χ4n) is 4.61. The minimum Gasteiger partial charge on any atom is -0.378 e. The maximum Gasteiger partial charge on any atom is 0.224 e. The lowest BCUT2D eigenvalue weighted by molar-refractivity contribution is -0.106. The molecule has 0 spiro atoms. The van der Waals surface area contributed by atoms with Gasteiger partial charge in [-0.25, -0.2) is 18.7 Å². The summed E-state index contributed by atoms with van der Waals surface area (Å²) in [5.74, 6) is 0.106. The molecule has 0 aliphatic carbocycles. The molecular formula is C29H43ClF2N4O2. The lowest BCUT2D eigenvalue weighted by atomic mass is 10.0. The molecule has 2 aromatic rings. The third kappa shape index (κ3) is 9.86. The molecule has 2 heterocycles. The van der Waals surface area contributed by atoms with Crippen LogP contribution in [0.2, 0.25) is 5.28 Å². The Hall–Kier alpha value is -2.16. The molecule has 1 aromatic heterocycles. The molecule has 6 nitrogen and oxygen atoms in total. The predicted molar refractivity (Wildman–Crippen MR) is 150 cm³/mol. The topological polar surface area (TPSA) is 67.4 Å². The quantitative estimate of drug-likeness (QED) is 0.147. The van der Waals surface area contributed by atoms with Gasteiger partial charge < -0.3 is 14.8 Å². The summed E-state index contributed by atoms with van der Waals surface area (Å²) in [6.45, 7) is 11.3. The van der Waals surface area contributed by atoms with Crippen molar-refractivity contribution in [2.75, 3.05) is 31.6 Å². The number of ether oxygens (including phenoxy) is 1. The Labute approximate surface area is 231 Å². The normalized spacial score (nSPS) is 14.0. The van der Waals surface area contributed by atoms with E-state index in [1.165, 1.54) is 39.2 Å². The smallest absolute Gasteiger partial charge is 0.224 e. The fourth-order valence-corrected chi connectivity index (χ4v) is 4.79. The number of benzene rings is 1. The van der Waals surface area contributed by atoms with E-state index in [0.29, 0.717) is 17.4 Å². The van der Waals surface area contributed by atoms with Crippen LogP contribution in [-0.2, 0) is 28.9 Å². The summed E-state index contributed by atoms with van der Waals surface area (Å²) in [4.78, 5) is 20.2. The van der Waals surface area contributed by atoms with Crippen molar-refractivity contribution in [1.82, 2.24) is 14.9 Å². The zero-order chi connectivity index (χ0) is 27.9. The van der Waals surface area contributed by atoms with Gasteiger partial charge >= 0.3 is 0 Å². The van der Waals surface area contributed by atoms with Gasteiger partial charge in [-0.2, -0.15) is 0 Å². The van der Waals surface area contributed by atoms with Crippen molar-refractivity contribution >= 4 is 23.7 Å². The van der Waals surface area contributed by atoms with Crippen LogP contribution in [0, 0.1) is 5.82 Å². The van der Waals surface area contributed by atoms with E-state index >= 15 is 0 Å². The molecule has 0 amide bonds. The van der Waals surface area contributed by atoms with Crippen molar-refractivity contribution in [3.8, 4) is 0 Å². The summed E-state index contributed by atoms with van der Waals surface area (Å²) >= 11 is 6.23. The first-order valence-electron chi connectivity index (χ1n) is 13.8. The molecule has 1 fully saturated rings. The number of carbonyl (C=O) groups is 1. The number of hydrogen-bond acceptors (Lipinski definition) is 6. The highest BCUT2D eigenvalue weighted by Gasteiger charge is 2.24. The highest BCUT2D eigenvalue weighted by atomic mass is 35.5. The van der Waals surface area contributed by atoms with Gasteiger partial charge in [0, 0.05) is 23.2 Å². The second kappa shape index (κ2) is 17.4. The molecule has 1 N–H and O–H groups in total. The van der Waals surface area contributed by atoms with E-state index in [0.717, 1.165) is 69.5 Å². The van der Waals surface area contributed by atoms with Crippen molar-refractivity contribution < 1.29 is 18.3 Å². The SMILES string of the molecule is CC=O.CCCN(CCCCCCc1nc(Cl)nc(NCc2cccc(C(C)F)c2F)c1CC)C1COC1. The minimum absolute atomic E-state index is 0.0697. The first-order valence-corrected chi connectivity index (χ1v) is 14.2. The predicted octanol–water partition coefficient (Wildman–Crippen LogP) is 6.89. The van der Waals surface area contributed by atoms with E-state index in [1.807, 2.05) is 0 Å². The van der Waals surface area contributed by atoms with Gasteiger partial charge in [0.05, 0.1) is 24.9 Å². The number of hydrogen-bond donors (Lipinski definition) is 1. The molecule has 0 saturated carbocycles. The van der Waals surface area contributed by atoms with Crippen LogP contribution in [0.15, 0.2) is 18.2 Å². The molecule has 1 saturated heterocycles. The maximum absolute atomic E-state index is 14.6. The number of rotatable bonds is 15. The van der Waals surface area contributed by atoms with Gasteiger partial charge in [0.2, 0.25) is 5.28 Å². The number of nitrogens with zero attached hydrogens (tertiary/aromatic N) is 3. The number of anilines is 1. The Morgan fingerprint density at radius 1 is 1.18 bits per heavy atom. The van der Waals surface area contributed by atoms with Crippen molar-refractivity contribution in [1.29, 1.82) is 0 Å². The average molecular weight is 553 g/mol. The van der Waals surface area contributed by atoms with Crippen LogP contribution >= 0.6 is 11.6 Å². The van der Waals surface area contributed by atoms with Crippen molar-refractivity contribution in [3.05, 3.63) is 51.7 Å². The first-order chi connectivity index (χ1) is 18.4. The molecule has 1 unspecified atom stereocenters. The molecule has 1 aromatic carbocycles. The number of halogens is 3. The maximum atomic E-state index is 14.6. The highest BCUT2D eigenvalue weighted by Crippen LogP contribution is 2.25. The van der Waals surface area contributed by atoms with Gasteiger partial charge in [0.15, 0.2) is 0 Å². The van der Waals surface area contributed by atoms with Crippen LogP contribution < -0.4 is 5.32 Å². The van der Waals surface area contributed by atoms with Gasteiger partial charge in [-0.1, -0.05) is 44.9 Å². The Bertz CT molecular complexity index is 989. The summed E-state index contributed by atoms with van der Waals surface area (Å²) in [5, 5.41) is 3.40.